The van der Waals surface area contributed by atoms with Gasteiger partial charge in [0.2, 0.25) is 0 Å². The minimum Gasteiger partial charge on any atom is -0.385 e. The molecular formula is C10H18N2O4S. The predicted molar refractivity (Wildman–Crippen MR) is 63.6 cm³/mol. The van der Waals surface area contributed by atoms with Crippen molar-refractivity contribution in [1.82, 2.24) is 9.78 Å². The summed E-state index contributed by atoms with van der Waals surface area (Å²) < 4.78 is 34.8. The van der Waals surface area contributed by atoms with Gasteiger partial charge in [-0.15, -0.1) is 0 Å². The van der Waals surface area contributed by atoms with Gasteiger partial charge in [0.05, 0.1) is 11.4 Å². The molecule has 0 saturated carbocycles. The van der Waals surface area contributed by atoms with E-state index in [0.717, 1.165) is 0 Å². The number of aryl methyl sites for hydroxylation is 2. The standard InChI is InChI=1S/C10H18N2O4S/c1-8-10(9(2)12(3)11-8)16-17(13,14)7-5-6-15-4/h5-7H2,1-4H3. The topological polar surface area (TPSA) is 70.4 Å². The lowest BCUT2D eigenvalue weighted by Crippen LogP contribution is -2.15. The summed E-state index contributed by atoms with van der Waals surface area (Å²) >= 11 is 0. The number of aromatic nitrogens is 2. The van der Waals surface area contributed by atoms with Crippen molar-refractivity contribution in [3.8, 4) is 5.75 Å². The minimum atomic E-state index is -3.57. The number of hydrogen-bond donors (Lipinski definition) is 0. The molecule has 1 heterocycles. The molecule has 0 aliphatic rings. The summed E-state index contributed by atoms with van der Waals surface area (Å²) in [6, 6.07) is 0. The number of hydrogen-bond acceptors (Lipinski definition) is 5. The summed E-state index contributed by atoms with van der Waals surface area (Å²) in [6.45, 7) is 3.88. The van der Waals surface area contributed by atoms with Gasteiger partial charge < -0.3 is 8.92 Å². The van der Waals surface area contributed by atoms with Crippen LogP contribution in [0.15, 0.2) is 0 Å². The first-order chi connectivity index (χ1) is 7.87. The van der Waals surface area contributed by atoms with Crippen molar-refractivity contribution in [2.75, 3.05) is 19.5 Å². The van der Waals surface area contributed by atoms with Gasteiger partial charge in [-0.3, -0.25) is 4.68 Å². The molecule has 1 aromatic rings. The van der Waals surface area contributed by atoms with E-state index in [0.29, 0.717) is 30.2 Å². The maximum absolute atomic E-state index is 11.7. The molecule has 7 heteroatoms. The van der Waals surface area contributed by atoms with Gasteiger partial charge in [-0.2, -0.15) is 13.5 Å². The Morgan fingerprint density at radius 2 is 2.00 bits per heavy atom. The van der Waals surface area contributed by atoms with Crippen molar-refractivity contribution in [2.24, 2.45) is 7.05 Å². The summed E-state index contributed by atoms with van der Waals surface area (Å²) in [7, 11) is -0.298. The maximum Gasteiger partial charge on any atom is 0.309 e. The molecule has 0 aliphatic carbocycles. The zero-order chi connectivity index (χ0) is 13.1. The van der Waals surface area contributed by atoms with Crippen LogP contribution in [0.1, 0.15) is 17.8 Å². The highest BCUT2D eigenvalue weighted by molar-refractivity contribution is 7.87. The molecule has 0 fully saturated rings. The van der Waals surface area contributed by atoms with Gasteiger partial charge in [-0.1, -0.05) is 0 Å². The Morgan fingerprint density at radius 1 is 1.35 bits per heavy atom. The van der Waals surface area contributed by atoms with Gasteiger partial charge in [0.15, 0.2) is 5.75 Å². The van der Waals surface area contributed by atoms with Gasteiger partial charge in [-0.05, 0) is 20.3 Å². The Hall–Kier alpha value is -1.08. The smallest absolute Gasteiger partial charge is 0.309 e. The summed E-state index contributed by atoms with van der Waals surface area (Å²) in [4.78, 5) is 0. The SMILES string of the molecule is COCCCS(=O)(=O)Oc1c(C)nn(C)c1C. The lowest BCUT2D eigenvalue weighted by Gasteiger charge is -2.06. The number of rotatable bonds is 6. The first-order valence-electron chi connectivity index (χ1n) is 5.28. The average molecular weight is 262 g/mol. The fraction of sp³-hybridized carbons (Fsp3) is 0.700. The van der Waals surface area contributed by atoms with E-state index in [1.165, 1.54) is 7.11 Å². The van der Waals surface area contributed by atoms with Crippen molar-refractivity contribution in [2.45, 2.75) is 20.3 Å². The summed E-state index contributed by atoms with van der Waals surface area (Å²) in [5.41, 5.74) is 1.26. The third kappa shape index (κ3) is 3.71. The van der Waals surface area contributed by atoms with Crippen molar-refractivity contribution in [1.29, 1.82) is 0 Å². The van der Waals surface area contributed by atoms with E-state index >= 15 is 0 Å². The van der Waals surface area contributed by atoms with E-state index in [-0.39, 0.29) is 5.75 Å². The second-order valence-corrected chi connectivity index (χ2v) is 5.51. The minimum absolute atomic E-state index is 0.0609. The lowest BCUT2D eigenvalue weighted by atomic mass is 10.3. The van der Waals surface area contributed by atoms with Crippen LogP contribution in [-0.4, -0.2) is 37.7 Å². The zero-order valence-electron chi connectivity index (χ0n) is 10.6. The van der Waals surface area contributed by atoms with Gasteiger partial charge in [-0.25, -0.2) is 0 Å². The Bertz CT molecular complexity index is 479. The molecule has 0 N–H and O–H groups in total. The molecule has 0 atom stereocenters. The zero-order valence-corrected chi connectivity index (χ0v) is 11.4. The van der Waals surface area contributed by atoms with Gasteiger partial charge in [0, 0.05) is 20.8 Å². The second-order valence-electron chi connectivity index (χ2n) is 3.82. The molecule has 17 heavy (non-hydrogen) atoms. The molecule has 6 nitrogen and oxygen atoms in total. The second kappa shape index (κ2) is 5.50. The molecule has 0 saturated heterocycles. The van der Waals surface area contributed by atoms with Crippen LogP contribution in [0.5, 0.6) is 5.75 Å². The highest BCUT2D eigenvalue weighted by Crippen LogP contribution is 2.23. The average Bonchev–Trinajstić information content (AvgIpc) is 2.45. The first kappa shape index (κ1) is 14.0. The van der Waals surface area contributed by atoms with E-state index in [2.05, 4.69) is 5.10 Å². The number of methoxy groups -OCH3 is 1. The molecule has 98 valence electrons. The van der Waals surface area contributed by atoms with Crippen molar-refractivity contribution < 1.29 is 17.3 Å². The Labute approximate surface area is 102 Å². The normalized spacial score (nSPS) is 11.8. The van der Waals surface area contributed by atoms with Crippen LogP contribution in [0.25, 0.3) is 0 Å². The number of ether oxygens (including phenoxy) is 1. The van der Waals surface area contributed by atoms with Gasteiger partial charge in [0.25, 0.3) is 0 Å². The van der Waals surface area contributed by atoms with Crippen molar-refractivity contribution in [3.63, 3.8) is 0 Å². The monoisotopic (exact) mass is 262 g/mol. The van der Waals surface area contributed by atoms with Crippen LogP contribution < -0.4 is 4.18 Å². The first-order valence-corrected chi connectivity index (χ1v) is 6.86. The van der Waals surface area contributed by atoms with E-state index in [9.17, 15) is 8.42 Å². The van der Waals surface area contributed by atoms with E-state index in [1.807, 2.05) is 0 Å². The maximum atomic E-state index is 11.7. The van der Waals surface area contributed by atoms with Gasteiger partial charge in [0.1, 0.15) is 5.69 Å². The van der Waals surface area contributed by atoms with Crippen LogP contribution in [-0.2, 0) is 21.9 Å². The molecule has 0 radical (unpaired) electrons. The largest absolute Gasteiger partial charge is 0.385 e. The van der Waals surface area contributed by atoms with E-state index in [1.54, 1.807) is 25.6 Å². The van der Waals surface area contributed by atoms with Crippen LogP contribution in [0.4, 0.5) is 0 Å². The fourth-order valence-electron chi connectivity index (χ4n) is 1.42. The van der Waals surface area contributed by atoms with E-state index < -0.39 is 10.1 Å². The quantitative estimate of drug-likeness (QED) is 0.559. The summed E-state index contributed by atoms with van der Waals surface area (Å²) in [5, 5.41) is 4.09. The third-order valence-corrected chi connectivity index (χ3v) is 3.61. The predicted octanol–water partition coefficient (Wildman–Crippen LogP) is 0.782. The van der Waals surface area contributed by atoms with Crippen LogP contribution in [0, 0.1) is 13.8 Å². The number of nitrogens with zero attached hydrogens (tertiary/aromatic N) is 2. The third-order valence-electron chi connectivity index (χ3n) is 2.40. The molecule has 1 aromatic heterocycles. The van der Waals surface area contributed by atoms with Crippen LogP contribution in [0.2, 0.25) is 0 Å². The fourth-order valence-corrected chi connectivity index (χ4v) is 2.47. The Balaban J connectivity index is 2.76. The molecule has 0 unspecified atom stereocenters. The lowest BCUT2D eigenvalue weighted by molar-refractivity contribution is 0.199. The molecular weight excluding hydrogens is 244 g/mol. The highest BCUT2D eigenvalue weighted by atomic mass is 32.2. The van der Waals surface area contributed by atoms with E-state index in [4.69, 9.17) is 8.92 Å². The Morgan fingerprint density at radius 3 is 2.47 bits per heavy atom. The summed E-state index contributed by atoms with van der Waals surface area (Å²) in [5.74, 6) is 0.263. The molecule has 0 aromatic carbocycles. The van der Waals surface area contributed by atoms with Crippen molar-refractivity contribution in [3.05, 3.63) is 11.4 Å². The molecule has 1 rings (SSSR count). The molecule has 0 bridgehead atoms. The molecule has 0 spiro atoms. The van der Waals surface area contributed by atoms with Crippen molar-refractivity contribution >= 4 is 10.1 Å². The Kier molecular flexibility index (Phi) is 4.53. The van der Waals surface area contributed by atoms with Crippen LogP contribution in [0.3, 0.4) is 0 Å². The molecule has 0 aliphatic heterocycles. The molecule has 0 amide bonds. The van der Waals surface area contributed by atoms with Gasteiger partial charge >= 0.3 is 10.1 Å². The highest BCUT2D eigenvalue weighted by Gasteiger charge is 2.19. The summed E-state index contributed by atoms with van der Waals surface area (Å²) in [6.07, 6.45) is 0.414. The van der Waals surface area contributed by atoms with Crippen LogP contribution >= 0.6 is 0 Å².